The Kier molecular flexibility index (Phi) is 4.75. The molecule has 0 saturated heterocycles. The minimum Gasteiger partial charge on any atom is -0.374 e. The molecule has 2 aromatic carbocycles. The van der Waals surface area contributed by atoms with Gasteiger partial charge in [-0.25, -0.2) is 0 Å². The summed E-state index contributed by atoms with van der Waals surface area (Å²) in [5.41, 5.74) is 2.33. The van der Waals surface area contributed by atoms with E-state index in [1.165, 1.54) is 0 Å². The zero-order valence-corrected chi connectivity index (χ0v) is 11.0. The second kappa shape index (κ2) is 6.96. The summed E-state index contributed by atoms with van der Waals surface area (Å²) in [6.07, 6.45) is 6.86. The fourth-order valence-electron chi connectivity index (χ4n) is 1.82. The van der Waals surface area contributed by atoms with E-state index in [0.29, 0.717) is 12.1 Å². The van der Waals surface area contributed by atoms with Crippen LogP contribution in [-0.4, -0.2) is 12.3 Å². The lowest BCUT2D eigenvalue weighted by atomic mass is 10.1. The van der Waals surface area contributed by atoms with Crippen LogP contribution in [0.4, 0.5) is 0 Å². The molecule has 0 unspecified atom stereocenters. The Morgan fingerprint density at radius 2 is 1.55 bits per heavy atom. The molecule has 0 radical (unpaired) electrons. The van der Waals surface area contributed by atoms with Crippen molar-refractivity contribution in [3.05, 3.63) is 77.9 Å². The lowest BCUT2D eigenvalue weighted by Crippen LogP contribution is -2.14. The molecule has 2 aromatic rings. The molecule has 0 aromatic heterocycles. The first kappa shape index (κ1) is 13.6. The summed E-state index contributed by atoms with van der Waals surface area (Å²) in [5, 5.41) is 3.09. The fourth-order valence-corrected chi connectivity index (χ4v) is 1.82. The average molecular weight is 261 g/mol. The molecule has 20 heavy (non-hydrogen) atoms. The predicted molar refractivity (Wildman–Crippen MR) is 82.0 cm³/mol. The highest BCUT2D eigenvalue weighted by Gasteiger charge is 2.06. The Balaban J connectivity index is 2.29. The van der Waals surface area contributed by atoms with Crippen LogP contribution in [0, 0.1) is 12.3 Å². The van der Waals surface area contributed by atoms with Crippen molar-refractivity contribution in [2.45, 2.75) is 0 Å². The highest BCUT2D eigenvalue weighted by Crippen LogP contribution is 2.12. The zero-order chi connectivity index (χ0) is 14.2. The van der Waals surface area contributed by atoms with E-state index in [4.69, 9.17) is 6.42 Å². The number of nitrogens with one attached hydrogen (secondary N) is 1. The minimum atomic E-state index is -0.0472. The van der Waals surface area contributed by atoms with Gasteiger partial charge in [-0.3, -0.25) is 4.79 Å². The van der Waals surface area contributed by atoms with Crippen molar-refractivity contribution in [2.75, 3.05) is 6.54 Å². The van der Waals surface area contributed by atoms with E-state index in [-0.39, 0.29) is 5.78 Å². The Bertz CT molecular complexity index is 636. The molecule has 0 amide bonds. The first-order valence-corrected chi connectivity index (χ1v) is 6.35. The van der Waals surface area contributed by atoms with Crippen LogP contribution >= 0.6 is 0 Å². The summed E-state index contributed by atoms with van der Waals surface area (Å²) in [7, 11) is 0. The van der Waals surface area contributed by atoms with Crippen molar-refractivity contribution in [3.63, 3.8) is 0 Å². The summed E-state index contributed by atoms with van der Waals surface area (Å²) < 4.78 is 0. The molecule has 2 heteroatoms. The normalized spacial score (nSPS) is 10.7. The molecule has 0 saturated carbocycles. The van der Waals surface area contributed by atoms with Crippen LogP contribution in [-0.2, 0) is 0 Å². The van der Waals surface area contributed by atoms with E-state index in [2.05, 4.69) is 11.2 Å². The fraction of sp³-hybridized carbons (Fsp3) is 0.0556. The molecular formula is C18H15NO. The highest BCUT2D eigenvalue weighted by molar-refractivity contribution is 6.08. The van der Waals surface area contributed by atoms with Crippen molar-refractivity contribution in [2.24, 2.45) is 0 Å². The van der Waals surface area contributed by atoms with Crippen LogP contribution in [0.15, 0.2) is 66.7 Å². The van der Waals surface area contributed by atoms with Gasteiger partial charge in [0.25, 0.3) is 0 Å². The molecule has 2 rings (SSSR count). The SMILES string of the molecule is C#CCN/C(=C/C(=O)c1ccccc1)c1ccccc1. The quantitative estimate of drug-likeness (QED) is 0.509. The van der Waals surface area contributed by atoms with Crippen LogP contribution in [0.3, 0.4) is 0 Å². The van der Waals surface area contributed by atoms with Crippen molar-refractivity contribution >= 4 is 11.5 Å². The molecule has 0 aliphatic carbocycles. The van der Waals surface area contributed by atoms with Crippen molar-refractivity contribution in [3.8, 4) is 12.3 Å². The van der Waals surface area contributed by atoms with E-state index in [0.717, 1.165) is 11.3 Å². The molecule has 0 atom stereocenters. The third kappa shape index (κ3) is 3.60. The van der Waals surface area contributed by atoms with Gasteiger partial charge in [0.1, 0.15) is 0 Å². The van der Waals surface area contributed by atoms with Crippen LogP contribution in [0.1, 0.15) is 15.9 Å². The number of terminal acetylenes is 1. The standard InChI is InChI=1S/C18H15NO/c1-2-13-19-17(15-9-5-3-6-10-15)14-18(20)16-11-7-4-8-12-16/h1,3-12,14,19H,13H2/b17-14+. The van der Waals surface area contributed by atoms with E-state index < -0.39 is 0 Å². The summed E-state index contributed by atoms with van der Waals surface area (Å²) in [4.78, 5) is 12.2. The molecule has 0 heterocycles. The topological polar surface area (TPSA) is 29.1 Å². The number of hydrogen-bond acceptors (Lipinski definition) is 2. The number of hydrogen-bond donors (Lipinski definition) is 1. The molecule has 2 nitrogen and oxygen atoms in total. The number of carbonyl (C=O) groups excluding carboxylic acids is 1. The third-order valence-corrected chi connectivity index (χ3v) is 2.80. The Hall–Kier alpha value is -2.79. The van der Waals surface area contributed by atoms with Crippen molar-refractivity contribution in [1.82, 2.24) is 5.32 Å². The maximum atomic E-state index is 12.2. The van der Waals surface area contributed by atoms with Crippen molar-refractivity contribution < 1.29 is 4.79 Å². The van der Waals surface area contributed by atoms with E-state index >= 15 is 0 Å². The van der Waals surface area contributed by atoms with Gasteiger partial charge in [0, 0.05) is 17.3 Å². The molecule has 0 spiro atoms. The van der Waals surface area contributed by atoms with Gasteiger partial charge in [-0.1, -0.05) is 66.6 Å². The largest absolute Gasteiger partial charge is 0.374 e. The maximum Gasteiger partial charge on any atom is 0.187 e. The monoisotopic (exact) mass is 261 g/mol. The average Bonchev–Trinajstić information content (AvgIpc) is 2.53. The van der Waals surface area contributed by atoms with Gasteiger partial charge >= 0.3 is 0 Å². The summed E-state index contributed by atoms with van der Waals surface area (Å²) >= 11 is 0. The lowest BCUT2D eigenvalue weighted by molar-refractivity contribution is 0.104. The summed E-state index contributed by atoms with van der Waals surface area (Å²) in [5.74, 6) is 2.47. The Morgan fingerprint density at radius 3 is 2.10 bits per heavy atom. The van der Waals surface area contributed by atoms with Gasteiger partial charge in [0.15, 0.2) is 5.78 Å². The third-order valence-electron chi connectivity index (χ3n) is 2.80. The summed E-state index contributed by atoms with van der Waals surface area (Å²) in [6.45, 7) is 0.378. The highest BCUT2D eigenvalue weighted by atomic mass is 16.1. The number of rotatable bonds is 5. The summed E-state index contributed by atoms with van der Waals surface area (Å²) in [6, 6.07) is 18.8. The first-order valence-electron chi connectivity index (χ1n) is 6.35. The molecular weight excluding hydrogens is 246 g/mol. The maximum absolute atomic E-state index is 12.2. The van der Waals surface area contributed by atoms with Gasteiger partial charge in [-0.2, -0.15) is 0 Å². The molecule has 0 aliphatic rings. The molecule has 0 aliphatic heterocycles. The first-order chi connectivity index (χ1) is 9.81. The molecule has 0 bridgehead atoms. The zero-order valence-electron chi connectivity index (χ0n) is 11.0. The van der Waals surface area contributed by atoms with Crippen LogP contribution in [0.2, 0.25) is 0 Å². The van der Waals surface area contributed by atoms with Crippen LogP contribution in [0.25, 0.3) is 5.70 Å². The number of allylic oxidation sites excluding steroid dienone is 1. The number of benzene rings is 2. The number of carbonyl (C=O) groups is 1. The van der Waals surface area contributed by atoms with E-state index in [1.54, 1.807) is 18.2 Å². The molecule has 0 fully saturated rings. The van der Waals surface area contributed by atoms with E-state index in [1.807, 2.05) is 48.5 Å². The number of ketones is 1. The van der Waals surface area contributed by atoms with Crippen molar-refractivity contribution in [1.29, 1.82) is 0 Å². The van der Waals surface area contributed by atoms with Gasteiger partial charge in [-0.05, 0) is 5.56 Å². The van der Waals surface area contributed by atoms with E-state index in [9.17, 15) is 4.79 Å². The van der Waals surface area contributed by atoms with Gasteiger partial charge in [0.05, 0.1) is 6.54 Å². The smallest absolute Gasteiger partial charge is 0.187 e. The van der Waals surface area contributed by atoms with Gasteiger partial charge in [0.2, 0.25) is 0 Å². The van der Waals surface area contributed by atoms with Crippen LogP contribution in [0.5, 0.6) is 0 Å². The second-order valence-corrected chi connectivity index (χ2v) is 4.21. The lowest BCUT2D eigenvalue weighted by Gasteiger charge is -2.08. The van der Waals surface area contributed by atoms with Gasteiger partial charge in [-0.15, -0.1) is 6.42 Å². The second-order valence-electron chi connectivity index (χ2n) is 4.21. The minimum absolute atomic E-state index is 0.0472. The predicted octanol–water partition coefficient (Wildman–Crippen LogP) is 3.13. The Labute approximate surface area is 119 Å². The van der Waals surface area contributed by atoms with Gasteiger partial charge < -0.3 is 5.32 Å². The Morgan fingerprint density at radius 1 is 1.00 bits per heavy atom. The van der Waals surface area contributed by atoms with Crippen LogP contribution < -0.4 is 5.32 Å². The molecule has 1 N–H and O–H groups in total. The molecule has 98 valence electrons.